The van der Waals surface area contributed by atoms with Gasteiger partial charge in [0.05, 0.1) is 21.6 Å². The minimum absolute atomic E-state index is 0.862. The summed E-state index contributed by atoms with van der Waals surface area (Å²) in [5, 5.41) is 4.21. The van der Waals surface area contributed by atoms with Gasteiger partial charge in [-0.15, -0.1) is 11.3 Å². The molecular weight excluding hydrogens is 182 g/mol. The number of nitrogens with zero attached hydrogens (tertiary/aromatic N) is 2. The predicted octanol–water partition coefficient (Wildman–Crippen LogP) is 2.30. The molecule has 0 amide bonds. The Labute approximate surface area is 80.8 Å². The van der Waals surface area contributed by atoms with E-state index in [2.05, 4.69) is 28.3 Å². The minimum atomic E-state index is 0.862. The van der Waals surface area contributed by atoms with E-state index in [9.17, 15) is 0 Å². The molecule has 0 unspecified atom stereocenters. The molecule has 0 aliphatic rings. The van der Waals surface area contributed by atoms with Crippen molar-refractivity contribution in [1.82, 2.24) is 9.97 Å². The van der Waals surface area contributed by atoms with E-state index in [0.29, 0.717) is 0 Å². The number of nitrogens with one attached hydrogen (secondary N) is 1. The molecule has 0 saturated heterocycles. The van der Waals surface area contributed by atoms with Gasteiger partial charge in [0.2, 0.25) is 0 Å². The van der Waals surface area contributed by atoms with Crippen LogP contribution in [0.15, 0.2) is 12.3 Å². The molecule has 0 radical (unpaired) electrons. The molecule has 13 heavy (non-hydrogen) atoms. The molecule has 2 aromatic heterocycles. The largest absolute Gasteiger partial charge is 0.387 e. The summed E-state index contributed by atoms with van der Waals surface area (Å²) in [7, 11) is 1.89. The fourth-order valence-corrected chi connectivity index (χ4v) is 2.06. The third kappa shape index (κ3) is 1.49. The van der Waals surface area contributed by atoms with Gasteiger partial charge in [-0.25, -0.2) is 9.97 Å². The minimum Gasteiger partial charge on any atom is -0.387 e. The van der Waals surface area contributed by atoms with Gasteiger partial charge in [0.15, 0.2) is 5.65 Å². The summed E-state index contributed by atoms with van der Waals surface area (Å²) in [5.41, 5.74) is 1.90. The van der Waals surface area contributed by atoms with Gasteiger partial charge >= 0.3 is 0 Å². The number of pyridine rings is 1. The van der Waals surface area contributed by atoms with E-state index in [1.54, 1.807) is 11.3 Å². The topological polar surface area (TPSA) is 37.8 Å². The van der Waals surface area contributed by atoms with Crippen LogP contribution in [0, 0.1) is 0 Å². The number of aryl methyl sites for hydroxylation is 1. The van der Waals surface area contributed by atoms with Crippen LogP contribution in [0.1, 0.15) is 11.9 Å². The van der Waals surface area contributed by atoms with E-state index < -0.39 is 0 Å². The van der Waals surface area contributed by atoms with Crippen LogP contribution in [-0.4, -0.2) is 17.0 Å². The maximum Gasteiger partial charge on any atom is 0.170 e. The average Bonchev–Trinajstić information content (AvgIpc) is 2.58. The van der Waals surface area contributed by atoms with Crippen LogP contribution in [-0.2, 0) is 6.42 Å². The summed E-state index contributed by atoms with van der Waals surface area (Å²) < 4.78 is 1.16. The molecule has 0 fully saturated rings. The highest BCUT2D eigenvalue weighted by Crippen LogP contribution is 2.23. The lowest BCUT2D eigenvalue weighted by Crippen LogP contribution is -1.88. The zero-order valence-electron chi connectivity index (χ0n) is 7.66. The Hall–Kier alpha value is -1.16. The van der Waals surface area contributed by atoms with Crippen LogP contribution in [0.5, 0.6) is 0 Å². The SMILES string of the molecule is CCc1nc2ncc(NC)cc2s1. The Morgan fingerprint density at radius 1 is 1.54 bits per heavy atom. The summed E-state index contributed by atoms with van der Waals surface area (Å²) in [6.07, 6.45) is 2.79. The van der Waals surface area contributed by atoms with E-state index >= 15 is 0 Å². The first-order valence-electron chi connectivity index (χ1n) is 4.26. The highest BCUT2D eigenvalue weighted by Gasteiger charge is 2.03. The molecule has 0 bridgehead atoms. The van der Waals surface area contributed by atoms with Crippen molar-refractivity contribution in [2.45, 2.75) is 13.3 Å². The van der Waals surface area contributed by atoms with Crippen molar-refractivity contribution in [1.29, 1.82) is 0 Å². The zero-order valence-corrected chi connectivity index (χ0v) is 8.48. The highest BCUT2D eigenvalue weighted by molar-refractivity contribution is 7.18. The number of anilines is 1. The van der Waals surface area contributed by atoms with Crippen LogP contribution in [0.3, 0.4) is 0 Å². The molecule has 4 heteroatoms. The van der Waals surface area contributed by atoms with Crippen LogP contribution in [0.2, 0.25) is 0 Å². The van der Waals surface area contributed by atoms with Crippen molar-refractivity contribution in [2.75, 3.05) is 12.4 Å². The lowest BCUT2D eigenvalue weighted by molar-refractivity contribution is 1.10. The van der Waals surface area contributed by atoms with Crippen LogP contribution < -0.4 is 5.32 Å². The molecule has 2 aromatic rings. The normalized spacial score (nSPS) is 10.6. The molecule has 0 aromatic carbocycles. The Balaban J connectivity index is 2.57. The first-order valence-corrected chi connectivity index (χ1v) is 5.08. The molecule has 2 rings (SSSR count). The maximum atomic E-state index is 4.39. The zero-order chi connectivity index (χ0) is 9.26. The van der Waals surface area contributed by atoms with Crippen molar-refractivity contribution in [3.05, 3.63) is 17.3 Å². The molecule has 68 valence electrons. The lowest BCUT2D eigenvalue weighted by atomic mass is 10.4. The standard InChI is InChI=1S/C9H11N3S/c1-3-8-12-9-7(13-8)4-6(10-2)5-11-9/h4-5,10H,3H2,1-2H3. The number of hydrogen-bond donors (Lipinski definition) is 1. The number of aromatic nitrogens is 2. The van der Waals surface area contributed by atoms with Gasteiger partial charge in [-0.05, 0) is 12.5 Å². The average molecular weight is 193 g/mol. The number of rotatable bonds is 2. The third-order valence-electron chi connectivity index (χ3n) is 1.88. The van der Waals surface area contributed by atoms with Crippen LogP contribution >= 0.6 is 11.3 Å². The first-order chi connectivity index (χ1) is 6.33. The molecule has 2 heterocycles. The highest BCUT2D eigenvalue weighted by atomic mass is 32.1. The Morgan fingerprint density at radius 2 is 2.38 bits per heavy atom. The van der Waals surface area contributed by atoms with E-state index in [4.69, 9.17) is 0 Å². The van der Waals surface area contributed by atoms with E-state index in [1.165, 1.54) is 0 Å². The molecule has 0 aliphatic heterocycles. The number of fused-ring (bicyclic) bond motifs is 1. The quantitative estimate of drug-likeness (QED) is 0.795. The molecule has 0 spiro atoms. The smallest absolute Gasteiger partial charge is 0.170 e. The fraction of sp³-hybridized carbons (Fsp3) is 0.333. The summed E-state index contributed by atoms with van der Waals surface area (Å²) in [6, 6.07) is 2.08. The van der Waals surface area contributed by atoms with Gasteiger partial charge in [-0.2, -0.15) is 0 Å². The van der Waals surface area contributed by atoms with Crippen molar-refractivity contribution >= 4 is 27.4 Å². The van der Waals surface area contributed by atoms with Crippen molar-refractivity contribution < 1.29 is 0 Å². The number of hydrogen-bond acceptors (Lipinski definition) is 4. The molecule has 1 N–H and O–H groups in total. The van der Waals surface area contributed by atoms with Gasteiger partial charge < -0.3 is 5.32 Å². The van der Waals surface area contributed by atoms with Crippen molar-refractivity contribution in [2.24, 2.45) is 0 Å². The first kappa shape index (κ1) is 8.44. The monoisotopic (exact) mass is 193 g/mol. The Morgan fingerprint density at radius 3 is 3.08 bits per heavy atom. The predicted molar refractivity (Wildman–Crippen MR) is 56.3 cm³/mol. The van der Waals surface area contributed by atoms with Gasteiger partial charge in [-0.1, -0.05) is 6.92 Å². The van der Waals surface area contributed by atoms with Crippen molar-refractivity contribution in [3.63, 3.8) is 0 Å². The van der Waals surface area contributed by atoms with Gasteiger partial charge in [0.25, 0.3) is 0 Å². The van der Waals surface area contributed by atoms with Gasteiger partial charge in [-0.3, -0.25) is 0 Å². The molecular formula is C9H11N3S. The molecule has 0 saturated carbocycles. The van der Waals surface area contributed by atoms with E-state index in [1.807, 2.05) is 13.2 Å². The summed E-state index contributed by atoms with van der Waals surface area (Å²) in [5.74, 6) is 0. The fourth-order valence-electron chi connectivity index (χ4n) is 1.15. The third-order valence-corrected chi connectivity index (χ3v) is 3.02. The van der Waals surface area contributed by atoms with Crippen LogP contribution in [0.4, 0.5) is 5.69 Å². The van der Waals surface area contributed by atoms with Gasteiger partial charge in [0.1, 0.15) is 0 Å². The molecule has 0 atom stereocenters. The summed E-state index contributed by atoms with van der Waals surface area (Å²) in [4.78, 5) is 8.64. The van der Waals surface area contributed by atoms with E-state index in [0.717, 1.165) is 27.5 Å². The molecule has 0 aliphatic carbocycles. The summed E-state index contributed by atoms with van der Waals surface area (Å²) >= 11 is 1.71. The summed E-state index contributed by atoms with van der Waals surface area (Å²) in [6.45, 7) is 2.11. The lowest BCUT2D eigenvalue weighted by Gasteiger charge is -1.95. The van der Waals surface area contributed by atoms with Crippen LogP contribution in [0.25, 0.3) is 10.3 Å². The second kappa shape index (κ2) is 3.30. The van der Waals surface area contributed by atoms with Gasteiger partial charge in [0, 0.05) is 7.05 Å². The van der Waals surface area contributed by atoms with E-state index in [-0.39, 0.29) is 0 Å². The Kier molecular flexibility index (Phi) is 2.14. The Bertz CT molecular complexity index is 420. The van der Waals surface area contributed by atoms with Crippen molar-refractivity contribution in [3.8, 4) is 0 Å². The number of thiazole rings is 1. The second-order valence-corrected chi connectivity index (χ2v) is 3.87. The molecule has 3 nitrogen and oxygen atoms in total. The second-order valence-electron chi connectivity index (χ2n) is 2.76. The maximum absolute atomic E-state index is 4.39.